The number of nitrogens with one attached hydrogen (secondary N) is 1. The quantitative estimate of drug-likeness (QED) is 0.899. The van der Waals surface area contributed by atoms with Gasteiger partial charge in [-0.25, -0.2) is 9.97 Å². The SMILES string of the molecule is CN1CCC(CNc2cc(N)nc(-c3ccccc3)n2)C1. The highest BCUT2D eigenvalue weighted by molar-refractivity contribution is 5.60. The summed E-state index contributed by atoms with van der Waals surface area (Å²) in [6.45, 7) is 3.24. The molecule has 0 saturated carbocycles. The molecule has 1 saturated heterocycles. The van der Waals surface area contributed by atoms with Crippen molar-refractivity contribution in [3.63, 3.8) is 0 Å². The van der Waals surface area contributed by atoms with E-state index in [1.165, 1.54) is 13.0 Å². The van der Waals surface area contributed by atoms with Crippen LogP contribution in [0.5, 0.6) is 0 Å². The Balaban J connectivity index is 1.72. The van der Waals surface area contributed by atoms with Crippen molar-refractivity contribution in [2.45, 2.75) is 6.42 Å². The molecule has 0 amide bonds. The van der Waals surface area contributed by atoms with E-state index in [2.05, 4.69) is 27.2 Å². The number of benzene rings is 1. The Hall–Kier alpha value is -2.14. The molecule has 0 aliphatic carbocycles. The minimum absolute atomic E-state index is 0.495. The second-order valence-corrected chi connectivity index (χ2v) is 5.67. The van der Waals surface area contributed by atoms with Crippen LogP contribution in [0.25, 0.3) is 11.4 Å². The van der Waals surface area contributed by atoms with Crippen molar-refractivity contribution < 1.29 is 0 Å². The predicted molar refractivity (Wildman–Crippen MR) is 86.0 cm³/mol. The molecular formula is C16H21N5. The summed E-state index contributed by atoms with van der Waals surface area (Å²) in [7, 11) is 2.16. The number of nitrogens with zero attached hydrogens (tertiary/aromatic N) is 3. The molecule has 1 aromatic carbocycles. The van der Waals surface area contributed by atoms with E-state index in [1.54, 1.807) is 6.07 Å². The van der Waals surface area contributed by atoms with Crippen molar-refractivity contribution in [2.24, 2.45) is 5.92 Å². The van der Waals surface area contributed by atoms with Crippen molar-refractivity contribution >= 4 is 11.6 Å². The molecule has 21 heavy (non-hydrogen) atoms. The van der Waals surface area contributed by atoms with Crippen LogP contribution in [0.1, 0.15) is 6.42 Å². The van der Waals surface area contributed by atoms with Crippen LogP contribution in [0.4, 0.5) is 11.6 Å². The van der Waals surface area contributed by atoms with Gasteiger partial charge in [-0.3, -0.25) is 0 Å². The maximum absolute atomic E-state index is 5.90. The lowest BCUT2D eigenvalue weighted by molar-refractivity contribution is 0.399. The Morgan fingerprint density at radius 3 is 2.81 bits per heavy atom. The number of anilines is 2. The van der Waals surface area contributed by atoms with Crippen molar-refractivity contribution in [1.29, 1.82) is 0 Å². The summed E-state index contributed by atoms with van der Waals surface area (Å²) in [6, 6.07) is 11.7. The number of nitrogens with two attached hydrogens (primary N) is 1. The molecule has 1 aliphatic heterocycles. The first-order valence-corrected chi connectivity index (χ1v) is 7.33. The van der Waals surface area contributed by atoms with Crippen LogP contribution in [-0.2, 0) is 0 Å². The molecule has 2 heterocycles. The molecule has 5 nitrogen and oxygen atoms in total. The van der Waals surface area contributed by atoms with Crippen LogP contribution in [0.15, 0.2) is 36.4 Å². The van der Waals surface area contributed by atoms with Gasteiger partial charge >= 0.3 is 0 Å². The number of hydrogen-bond acceptors (Lipinski definition) is 5. The van der Waals surface area contributed by atoms with Gasteiger partial charge in [-0.2, -0.15) is 0 Å². The number of hydrogen-bond donors (Lipinski definition) is 2. The highest BCUT2D eigenvalue weighted by Crippen LogP contribution is 2.20. The lowest BCUT2D eigenvalue weighted by Crippen LogP contribution is -2.19. The average Bonchev–Trinajstić information content (AvgIpc) is 2.91. The van der Waals surface area contributed by atoms with Crippen LogP contribution in [0.2, 0.25) is 0 Å². The van der Waals surface area contributed by atoms with Gasteiger partial charge in [0.2, 0.25) is 0 Å². The molecule has 0 spiro atoms. The summed E-state index contributed by atoms with van der Waals surface area (Å²) in [4.78, 5) is 11.2. The molecule has 1 aliphatic rings. The zero-order valence-corrected chi connectivity index (χ0v) is 12.3. The zero-order valence-electron chi connectivity index (χ0n) is 12.3. The summed E-state index contributed by atoms with van der Waals surface area (Å²) in [5.41, 5.74) is 6.88. The number of likely N-dealkylation sites (tertiary alicyclic amines) is 1. The topological polar surface area (TPSA) is 67.1 Å². The lowest BCUT2D eigenvalue weighted by Gasteiger charge is -2.13. The standard InChI is InChI=1S/C16H21N5/c1-21-8-7-12(11-21)10-18-15-9-14(17)19-16(20-15)13-5-3-2-4-6-13/h2-6,9,12H,7-8,10-11H2,1H3,(H3,17,18,19,20). The minimum Gasteiger partial charge on any atom is -0.384 e. The van der Waals surface area contributed by atoms with Gasteiger partial charge in [0.05, 0.1) is 0 Å². The van der Waals surface area contributed by atoms with Gasteiger partial charge < -0.3 is 16.0 Å². The summed E-state index contributed by atoms with van der Waals surface area (Å²) >= 11 is 0. The summed E-state index contributed by atoms with van der Waals surface area (Å²) in [5, 5.41) is 3.40. The number of aromatic nitrogens is 2. The third-order valence-corrected chi connectivity index (χ3v) is 3.84. The Morgan fingerprint density at radius 1 is 1.29 bits per heavy atom. The van der Waals surface area contributed by atoms with E-state index in [9.17, 15) is 0 Å². The van der Waals surface area contributed by atoms with Crippen molar-refractivity contribution in [3.05, 3.63) is 36.4 Å². The second-order valence-electron chi connectivity index (χ2n) is 5.67. The summed E-state index contributed by atoms with van der Waals surface area (Å²) in [6.07, 6.45) is 1.23. The third-order valence-electron chi connectivity index (χ3n) is 3.84. The molecule has 1 fully saturated rings. The highest BCUT2D eigenvalue weighted by atomic mass is 15.1. The van der Waals surface area contributed by atoms with Crippen LogP contribution >= 0.6 is 0 Å². The third kappa shape index (κ3) is 3.49. The van der Waals surface area contributed by atoms with E-state index in [0.717, 1.165) is 24.5 Å². The van der Waals surface area contributed by atoms with Gasteiger partial charge in [-0.15, -0.1) is 0 Å². The van der Waals surface area contributed by atoms with Gasteiger partial charge in [0.15, 0.2) is 5.82 Å². The van der Waals surface area contributed by atoms with Crippen LogP contribution in [0.3, 0.4) is 0 Å². The van der Waals surface area contributed by atoms with Crippen molar-refractivity contribution in [2.75, 3.05) is 37.7 Å². The first-order chi connectivity index (χ1) is 10.2. The van der Waals surface area contributed by atoms with Gasteiger partial charge in [-0.05, 0) is 25.9 Å². The maximum atomic E-state index is 5.90. The Labute approximate surface area is 125 Å². The first kappa shape index (κ1) is 13.8. The maximum Gasteiger partial charge on any atom is 0.163 e. The van der Waals surface area contributed by atoms with E-state index in [1.807, 2.05) is 30.3 Å². The van der Waals surface area contributed by atoms with E-state index in [4.69, 9.17) is 5.73 Å². The van der Waals surface area contributed by atoms with Crippen LogP contribution < -0.4 is 11.1 Å². The molecule has 110 valence electrons. The Kier molecular flexibility index (Phi) is 4.01. The fourth-order valence-electron chi connectivity index (χ4n) is 2.71. The Morgan fingerprint density at radius 2 is 2.10 bits per heavy atom. The first-order valence-electron chi connectivity index (χ1n) is 7.33. The highest BCUT2D eigenvalue weighted by Gasteiger charge is 2.19. The molecule has 0 bridgehead atoms. The number of rotatable bonds is 4. The van der Waals surface area contributed by atoms with E-state index in [0.29, 0.717) is 17.6 Å². The van der Waals surface area contributed by atoms with Gasteiger partial charge in [-0.1, -0.05) is 30.3 Å². The van der Waals surface area contributed by atoms with Gasteiger partial charge in [0.25, 0.3) is 0 Å². The molecule has 3 rings (SSSR count). The molecule has 1 atom stereocenters. The van der Waals surface area contributed by atoms with Gasteiger partial charge in [0.1, 0.15) is 11.6 Å². The molecular weight excluding hydrogens is 262 g/mol. The summed E-state index contributed by atoms with van der Waals surface area (Å²) in [5.74, 6) is 2.64. The van der Waals surface area contributed by atoms with Crippen molar-refractivity contribution in [3.8, 4) is 11.4 Å². The Bertz CT molecular complexity index is 599. The largest absolute Gasteiger partial charge is 0.384 e. The summed E-state index contributed by atoms with van der Waals surface area (Å²) < 4.78 is 0. The smallest absolute Gasteiger partial charge is 0.163 e. The van der Waals surface area contributed by atoms with E-state index >= 15 is 0 Å². The zero-order chi connectivity index (χ0) is 14.7. The van der Waals surface area contributed by atoms with E-state index < -0.39 is 0 Å². The average molecular weight is 283 g/mol. The predicted octanol–water partition coefficient (Wildman–Crippen LogP) is 2.09. The number of nitrogen functional groups attached to an aromatic ring is 1. The fraction of sp³-hybridized carbons (Fsp3) is 0.375. The van der Waals surface area contributed by atoms with Crippen LogP contribution in [-0.4, -0.2) is 41.5 Å². The molecule has 1 unspecified atom stereocenters. The second kappa shape index (κ2) is 6.10. The molecule has 5 heteroatoms. The molecule has 0 radical (unpaired) electrons. The van der Waals surface area contributed by atoms with Gasteiger partial charge in [0, 0.05) is 24.7 Å². The van der Waals surface area contributed by atoms with Crippen molar-refractivity contribution in [1.82, 2.24) is 14.9 Å². The lowest BCUT2D eigenvalue weighted by atomic mass is 10.1. The molecule has 3 N–H and O–H groups in total. The van der Waals surface area contributed by atoms with E-state index in [-0.39, 0.29) is 0 Å². The van der Waals surface area contributed by atoms with Crippen LogP contribution in [0, 0.1) is 5.92 Å². The minimum atomic E-state index is 0.495. The molecule has 2 aromatic rings. The fourth-order valence-corrected chi connectivity index (χ4v) is 2.71. The normalized spacial score (nSPS) is 18.8. The monoisotopic (exact) mass is 283 g/mol. The molecule has 1 aromatic heterocycles.